The van der Waals surface area contributed by atoms with Gasteiger partial charge in [0.15, 0.2) is 0 Å². The van der Waals surface area contributed by atoms with Crippen LogP contribution in [0.1, 0.15) is 11.1 Å². The second kappa shape index (κ2) is 5.94. The molecule has 0 aliphatic heterocycles. The first-order valence-corrected chi connectivity index (χ1v) is 5.92. The minimum atomic E-state index is -0.418. The highest BCUT2D eigenvalue weighted by atomic mass is 35.5. The highest BCUT2D eigenvalue weighted by molar-refractivity contribution is 6.30. The molecule has 0 heterocycles. The highest BCUT2D eigenvalue weighted by Gasteiger charge is 2.00. The Bertz CT molecular complexity index is 526. The molecule has 2 rings (SSSR count). The van der Waals surface area contributed by atoms with Crippen LogP contribution in [0.2, 0.25) is 5.02 Å². The minimum Gasteiger partial charge on any atom is -0.309 e. The highest BCUT2D eigenvalue weighted by Crippen LogP contribution is 2.15. The third kappa shape index (κ3) is 3.52. The Morgan fingerprint density at radius 1 is 0.889 bits per heavy atom. The van der Waals surface area contributed by atoms with Crippen molar-refractivity contribution in [2.75, 3.05) is 0 Å². The van der Waals surface area contributed by atoms with Gasteiger partial charge < -0.3 is 5.32 Å². The Balaban J connectivity index is 1.88. The summed E-state index contributed by atoms with van der Waals surface area (Å²) >= 11 is 5.68. The van der Waals surface area contributed by atoms with Crippen LogP contribution >= 0.6 is 11.6 Å². The first-order valence-electron chi connectivity index (χ1n) is 5.54. The molecule has 0 amide bonds. The largest absolute Gasteiger partial charge is 0.309 e. The van der Waals surface area contributed by atoms with Gasteiger partial charge in [-0.2, -0.15) is 0 Å². The smallest absolute Gasteiger partial charge is 0.141 e. The van der Waals surface area contributed by atoms with Crippen LogP contribution in [0, 0.1) is 11.6 Å². The monoisotopic (exact) mass is 267 g/mol. The Hall–Kier alpha value is -1.45. The Morgan fingerprint density at radius 2 is 1.50 bits per heavy atom. The molecular weight excluding hydrogens is 256 g/mol. The van der Waals surface area contributed by atoms with Crippen molar-refractivity contribution in [2.45, 2.75) is 13.1 Å². The predicted molar refractivity (Wildman–Crippen MR) is 68.4 cm³/mol. The lowest BCUT2D eigenvalue weighted by Crippen LogP contribution is -2.12. The van der Waals surface area contributed by atoms with Crippen molar-refractivity contribution in [1.82, 2.24) is 5.32 Å². The molecule has 0 aliphatic carbocycles. The molecule has 0 radical (unpaired) electrons. The van der Waals surface area contributed by atoms with Crippen LogP contribution in [-0.4, -0.2) is 0 Å². The van der Waals surface area contributed by atoms with Crippen molar-refractivity contribution >= 4 is 11.6 Å². The van der Waals surface area contributed by atoms with Gasteiger partial charge in [0.05, 0.1) is 5.02 Å². The van der Waals surface area contributed by atoms with Crippen LogP contribution < -0.4 is 5.32 Å². The number of halogens is 3. The molecule has 0 atom stereocenters. The molecule has 2 aromatic rings. The Kier molecular flexibility index (Phi) is 4.28. The van der Waals surface area contributed by atoms with E-state index in [4.69, 9.17) is 11.6 Å². The topological polar surface area (TPSA) is 12.0 Å². The van der Waals surface area contributed by atoms with E-state index < -0.39 is 5.82 Å². The van der Waals surface area contributed by atoms with Gasteiger partial charge in [-0.15, -0.1) is 0 Å². The van der Waals surface area contributed by atoms with Crippen molar-refractivity contribution in [3.05, 3.63) is 70.2 Å². The first kappa shape index (κ1) is 13.0. The maximum absolute atomic E-state index is 12.9. The SMILES string of the molecule is Fc1ccc(CNCc2ccc(F)c(Cl)c2)cc1. The molecule has 0 unspecified atom stereocenters. The summed E-state index contributed by atoms with van der Waals surface area (Å²) in [5, 5.41) is 3.30. The molecule has 0 bridgehead atoms. The maximum Gasteiger partial charge on any atom is 0.141 e. The van der Waals surface area contributed by atoms with Gasteiger partial charge in [0.2, 0.25) is 0 Å². The fourth-order valence-corrected chi connectivity index (χ4v) is 1.81. The van der Waals surface area contributed by atoms with E-state index in [0.717, 1.165) is 11.1 Å². The van der Waals surface area contributed by atoms with E-state index in [1.807, 2.05) is 0 Å². The van der Waals surface area contributed by atoms with Gasteiger partial charge in [-0.1, -0.05) is 29.8 Å². The fourth-order valence-electron chi connectivity index (χ4n) is 1.60. The zero-order valence-electron chi connectivity index (χ0n) is 9.59. The average molecular weight is 268 g/mol. The zero-order chi connectivity index (χ0) is 13.0. The van der Waals surface area contributed by atoms with E-state index in [1.165, 1.54) is 18.2 Å². The minimum absolute atomic E-state index is 0.121. The van der Waals surface area contributed by atoms with Crippen LogP contribution in [0.25, 0.3) is 0 Å². The summed E-state index contributed by atoms with van der Waals surface area (Å²) in [5.74, 6) is -0.664. The third-order valence-electron chi connectivity index (χ3n) is 2.56. The van der Waals surface area contributed by atoms with Crippen molar-refractivity contribution < 1.29 is 8.78 Å². The molecule has 1 nitrogen and oxygen atoms in total. The normalized spacial score (nSPS) is 10.6. The van der Waals surface area contributed by atoms with Gasteiger partial charge in [0, 0.05) is 13.1 Å². The van der Waals surface area contributed by atoms with Crippen LogP contribution in [-0.2, 0) is 13.1 Å². The predicted octanol–water partition coefficient (Wildman–Crippen LogP) is 3.91. The summed E-state index contributed by atoms with van der Waals surface area (Å²) in [4.78, 5) is 0. The molecule has 18 heavy (non-hydrogen) atoms. The standard InChI is InChI=1S/C14H12ClF2N/c15-13-7-11(3-6-14(13)17)9-18-8-10-1-4-12(16)5-2-10/h1-7,18H,8-9H2. The molecule has 1 N–H and O–H groups in total. The van der Waals surface area contributed by atoms with Crippen molar-refractivity contribution in [3.63, 3.8) is 0 Å². The Morgan fingerprint density at radius 3 is 2.17 bits per heavy atom. The van der Waals surface area contributed by atoms with E-state index >= 15 is 0 Å². The van der Waals surface area contributed by atoms with E-state index in [0.29, 0.717) is 13.1 Å². The van der Waals surface area contributed by atoms with Gasteiger partial charge >= 0.3 is 0 Å². The number of hydrogen-bond acceptors (Lipinski definition) is 1. The molecule has 2 aromatic carbocycles. The van der Waals surface area contributed by atoms with Crippen molar-refractivity contribution in [3.8, 4) is 0 Å². The summed E-state index contributed by atoms with van der Waals surface area (Å²) in [7, 11) is 0. The fraction of sp³-hybridized carbons (Fsp3) is 0.143. The third-order valence-corrected chi connectivity index (χ3v) is 2.85. The summed E-state index contributed by atoms with van der Waals surface area (Å²) in [6.45, 7) is 1.20. The summed E-state index contributed by atoms with van der Waals surface area (Å²) in [5.41, 5.74) is 1.90. The van der Waals surface area contributed by atoms with E-state index in [1.54, 1.807) is 24.3 Å². The van der Waals surface area contributed by atoms with Gasteiger partial charge in [-0.25, -0.2) is 8.78 Å². The molecule has 0 fully saturated rings. The van der Waals surface area contributed by atoms with E-state index in [9.17, 15) is 8.78 Å². The molecule has 0 saturated carbocycles. The number of rotatable bonds is 4. The molecule has 4 heteroatoms. The summed E-state index contributed by atoms with van der Waals surface area (Å²) in [6.07, 6.45) is 0. The van der Waals surface area contributed by atoms with Crippen molar-refractivity contribution in [2.24, 2.45) is 0 Å². The lowest BCUT2D eigenvalue weighted by Gasteiger charge is -2.06. The molecule has 94 valence electrons. The van der Waals surface area contributed by atoms with Gasteiger partial charge in [0.25, 0.3) is 0 Å². The number of nitrogens with one attached hydrogen (secondary N) is 1. The molecule has 0 saturated heterocycles. The molecule has 0 spiro atoms. The van der Waals surface area contributed by atoms with Crippen LogP contribution in [0.4, 0.5) is 8.78 Å². The van der Waals surface area contributed by atoms with Gasteiger partial charge in [-0.3, -0.25) is 0 Å². The molecule has 0 aliphatic rings. The Labute approximate surface area is 109 Å². The van der Waals surface area contributed by atoms with Crippen LogP contribution in [0.3, 0.4) is 0 Å². The average Bonchev–Trinajstić information content (AvgIpc) is 2.36. The van der Waals surface area contributed by atoms with E-state index in [2.05, 4.69) is 5.32 Å². The lowest BCUT2D eigenvalue weighted by molar-refractivity contribution is 0.623. The summed E-state index contributed by atoms with van der Waals surface area (Å²) in [6, 6.07) is 10.9. The van der Waals surface area contributed by atoms with Crippen LogP contribution in [0.15, 0.2) is 42.5 Å². The van der Waals surface area contributed by atoms with E-state index in [-0.39, 0.29) is 10.8 Å². The molecular formula is C14H12ClF2N. The van der Waals surface area contributed by atoms with Crippen molar-refractivity contribution in [1.29, 1.82) is 0 Å². The molecule has 0 aromatic heterocycles. The zero-order valence-corrected chi connectivity index (χ0v) is 10.3. The maximum atomic E-state index is 12.9. The number of hydrogen-bond donors (Lipinski definition) is 1. The number of benzene rings is 2. The quantitative estimate of drug-likeness (QED) is 0.886. The summed E-state index contributed by atoms with van der Waals surface area (Å²) < 4.78 is 25.6. The van der Waals surface area contributed by atoms with Crippen LogP contribution in [0.5, 0.6) is 0 Å². The lowest BCUT2D eigenvalue weighted by atomic mass is 10.2. The second-order valence-electron chi connectivity index (χ2n) is 3.98. The van der Waals surface area contributed by atoms with Gasteiger partial charge in [0.1, 0.15) is 11.6 Å². The first-order chi connectivity index (χ1) is 8.65. The second-order valence-corrected chi connectivity index (χ2v) is 4.39. The van der Waals surface area contributed by atoms with Gasteiger partial charge in [-0.05, 0) is 35.4 Å².